The molecular weight excluding hydrogens is 456 g/mol. The van der Waals surface area contributed by atoms with Gasteiger partial charge in [-0.15, -0.1) is 0 Å². The number of hydrogen-bond donors (Lipinski definition) is 1. The zero-order valence-corrected chi connectivity index (χ0v) is 20.5. The van der Waals surface area contributed by atoms with Gasteiger partial charge in [-0.05, 0) is 84.8 Å². The van der Waals surface area contributed by atoms with Crippen molar-refractivity contribution < 1.29 is 13.9 Å². The van der Waals surface area contributed by atoms with Gasteiger partial charge in [0, 0.05) is 17.2 Å². The topological polar surface area (TPSA) is 50.9 Å². The van der Waals surface area contributed by atoms with E-state index >= 15 is 0 Å². The molecule has 0 amide bonds. The van der Waals surface area contributed by atoms with Crippen LogP contribution >= 0.6 is 0 Å². The number of aromatic nitrogens is 3. The van der Waals surface area contributed by atoms with Gasteiger partial charge in [-0.25, -0.2) is 14.1 Å². The molecule has 1 N–H and O–H groups in total. The highest BCUT2D eigenvalue weighted by Crippen LogP contribution is 2.44. The van der Waals surface area contributed by atoms with Crippen molar-refractivity contribution >= 4 is 6.08 Å². The Morgan fingerprint density at radius 1 is 1.03 bits per heavy atom. The number of pyridine rings is 1. The molecule has 1 aliphatic carbocycles. The first-order chi connectivity index (χ1) is 17.4. The average Bonchev–Trinajstić information content (AvgIpc) is 3.30. The second-order valence-electron chi connectivity index (χ2n) is 9.64. The predicted octanol–water partition coefficient (Wildman–Crippen LogP) is 6.56. The number of fused-ring (bicyclic) bond motifs is 1. The van der Waals surface area contributed by atoms with Gasteiger partial charge in [-0.1, -0.05) is 43.7 Å². The average molecular weight is 486 g/mol. The maximum Gasteiger partial charge on any atom is 0.212 e. The maximum atomic E-state index is 13.4. The molecule has 0 spiro atoms. The number of rotatable bonds is 7. The van der Waals surface area contributed by atoms with E-state index in [1.165, 1.54) is 23.8 Å². The van der Waals surface area contributed by atoms with Crippen LogP contribution < -0.4 is 0 Å². The van der Waals surface area contributed by atoms with Crippen molar-refractivity contribution in [3.8, 4) is 16.8 Å². The molecule has 6 heteroatoms. The van der Waals surface area contributed by atoms with Crippen LogP contribution in [0.5, 0.6) is 0 Å². The summed E-state index contributed by atoms with van der Waals surface area (Å²) in [5.41, 5.74) is 6.55. The summed E-state index contributed by atoms with van der Waals surface area (Å²) in [4.78, 5) is 3.80. The molecule has 2 aromatic carbocycles. The summed E-state index contributed by atoms with van der Waals surface area (Å²) in [7, 11) is 0. The van der Waals surface area contributed by atoms with Gasteiger partial charge in [-0.3, -0.25) is 0 Å². The van der Waals surface area contributed by atoms with E-state index in [-0.39, 0.29) is 5.82 Å². The third-order valence-corrected chi connectivity index (χ3v) is 7.42. The van der Waals surface area contributed by atoms with Gasteiger partial charge in [-0.2, -0.15) is 9.49 Å². The number of benzene rings is 2. The Morgan fingerprint density at radius 2 is 1.81 bits per heavy atom. The van der Waals surface area contributed by atoms with Crippen molar-refractivity contribution in [1.29, 1.82) is 0 Å². The molecule has 0 aliphatic heterocycles. The first kappa shape index (κ1) is 24.1. The third kappa shape index (κ3) is 4.49. The van der Waals surface area contributed by atoms with Crippen LogP contribution in [-0.2, 0) is 12.8 Å². The summed E-state index contributed by atoms with van der Waals surface area (Å²) in [5.74, 6) is -0.782. The minimum atomic E-state index is -0.564. The van der Waals surface area contributed by atoms with Gasteiger partial charge in [0.25, 0.3) is 0 Å². The van der Waals surface area contributed by atoms with Crippen LogP contribution in [0.3, 0.4) is 0 Å². The van der Waals surface area contributed by atoms with Crippen LogP contribution in [0.25, 0.3) is 22.9 Å². The lowest BCUT2D eigenvalue weighted by Gasteiger charge is -2.39. The van der Waals surface area contributed by atoms with Crippen LogP contribution in [0.2, 0.25) is 0 Å². The molecule has 4 nitrogen and oxygen atoms in total. The van der Waals surface area contributed by atoms with Crippen molar-refractivity contribution in [2.75, 3.05) is 0 Å². The summed E-state index contributed by atoms with van der Waals surface area (Å²) in [6.07, 6.45) is 7.72. The molecule has 4 aromatic rings. The van der Waals surface area contributed by atoms with Gasteiger partial charge in [0.2, 0.25) is 5.95 Å². The second kappa shape index (κ2) is 9.78. The van der Waals surface area contributed by atoms with Crippen molar-refractivity contribution in [2.45, 2.75) is 45.6 Å². The summed E-state index contributed by atoms with van der Waals surface area (Å²) < 4.78 is 28.6. The highest BCUT2D eigenvalue weighted by atomic mass is 19.1. The zero-order valence-electron chi connectivity index (χ0n) is 20.5. The SMILES string of the molecule is CCC1=Cc2c(cnn2-c2ccc(F)cc2)CC1(C)[C@@H](O)CCc1ccccc1-c1ccc(F)nc1. The quantitative estimate of drug-likeness (QED) is 0.302. The van der Waals surface area contributed by atoms with Gasteiger partial charge < -0.3 is 5.11 Å². The molecule has 2 atom stereocenters. The first-order valence-electron chi connectivity index (χ1n) is 12.3. The van der Waals surface area contributed by atoms with Crippen LogP contribution in [0.15, 0.2) is 78.6 Å². The Morgan fingerprint density at radius 3 is 2.53 bits per heavy atom. The smallest absolute Gasteiger partial charge is 0.212 e. The lowest BCUT2D eigenvalue weighted by atomic mass is 9.67. The highest BCUT2D eigenvalue weighted by molar-refractivity contribution is 5.66. The van der Waals surface area contributed by atoms with Crippen LogP contribution in [0.4, 0.5) is 8.78 Å². The van der Waals surface area contributed by atoms with Crippen molar-refractivity contribution in [1.82, 2.24) is 14.8 Å². The fraction of sp³-hybridized carbons (Fsp3) is 0.267. The minimum Gasteiger partial charge on any atom is -0.392 e. The van der Waals surface area contributed by atoms with Crippen LogP contribution in [-0.4, -0.2) is 26.0 Å². The molecule has 1 aliphatic rings. The largest absolute Gasteiger partial charge is 0.392 e. The summed E-state index contributed by atoms with van der Waals surface area (Å²) in [5, 5.41) is 16.1. The van der Waals surface area contributed by atoms with E-state index in [1.807, 2.05) is 29.1 Å². The van der Waals surface area contributed by atoms with Gasteiger partial charge >= 0.3 is 0 Å². The molecule has 0 bridgehead atoms. The third-order valence-electron chi connectivity index (χ3n) is 7.42. The van der Waals surface area contributed by atoms with E-state index in [0.29, 0.717) is 19.3 Å². The Labute approximate surface area is 210 Å². The summed E-state index contributed by atoms with van der Waals surface area (Å²) >= 11 is 0. The van der Waals surface area contributed by atoms with Crippen LogP contribution in [0, 0.1) is 17.2 Å². The number of hydrogen-bond acceptors (Lipinski definition) is 3. The van der Waals surface area contributed by atoms with E-state index in [0.717, 1.165) is 40.1 Å². The minimum absolute atomic E-state index is 0.280. The Bertz CT molecular complexity index is 1390. The standard InChI is InChI=1S/C30H29F2N3O/c1-3-23-16-27-22(19-34-35(27)25-12-10-24(31)11-13-25)17-30(23,2)28(36)14-8-20-6-4-5-7-26(20)21-9-15-29(32)33-18-21/h4-7,9-13,15-16,18-19,28,36H,3,8,14,17H2,1-2H3/t28-,30?/m0/s1. The number of aliphatic hydroxyl groups is 1. The molecule has 36 heavy (non-hydrogen) atoms. The van der Waals surface area contributed by atoms with Crippen LogP contribution in [0.1, 0.15) is 43.5 Å². The van der Waals surface area contributed by atoms with E-state index < -0.39 is 17.5 Å². The molecule has 2 heterocycles. The number of halogens is 2. The number of aliphatic hydroxyl groups excluding tert-OH is 1. The Balaban J connectivity index is 1.38. The van der Waals surface area contributed by atoms with E-state index in [2.05, 4.69) is 36.1 Å². The van der Waals surface area contributed by atoms with E-state index in [9.17, 15) is 13.9 Å². The Kier molecular flexibility index (Phi) is 6.54. The van der Waals surface area contributed by atoms with E-state index in [4.69, 9.17) is 0 Å². The fourth-order valence-electron chi connectivity index (χ4n) is 5.31. The van der Waals surface area contributed by atoms with Gasteiger partial charge in [0.15, 0.2) is 0 Å². The lowest BCUT2D eigenvalue weighted by molar-refractivity contribution is 0.0532. The zero-order chi connectivity index (χ0) is 25.3. The normalized spacial score (nSPS) is 18.0. The van der Waals surface area contributed by atoms with Gasteiger partial charge in [0.1, 0.15) is 5.82 Å². The highest BCUT2D eigenvalue weighted by Gasteiger charge is 2.40. The molecule has 2 aromatic heterocycles. The van der Waals surface area contributed by atoms with E-state index in [1.54, 1.807) is 24.4 Å². The molecule has 0 radical (unpaired) electrons. The molecule has 1 unspecified atom stereocenters. The molecule has 0 saturated carbocycles. The number of nitrogens with zero attached hydrogens (tertiary/aromatic N) is 3. The van der Waals surface area contributed by atoms with Crippen molar-refractivity contribution in [3.05, 3.63) is 107 Å². The summed E-state index contributed by atoms with van der Waals surface area (Å²) in [6.45, 7) is 4.23. The van der Waals surface area contributed by atoms with Crippen molar-refractivity contribution in [3.63, 3.8) is 0 Å². The number of aryl methyl sites for hydroxylation is 1. The monoisotopic (exact) mass is 485 g/mol. The Hall–Kier alpha value is -3.64. The maximum absolute atomic E-state index is 13.4. The molecular formula is C30H29F2N3O. The molecule has 0 saturated heterocycles. The second-order valence-corrected chi connectivity index (χ2v) is 9.64. The fourth-order valence-corrected chi connectivity index (χ4v) is 5.31. The lowest BCUT2D eigenvalue weighted by Crippen LogP contribution is -2.38. The summed E-state index contributed by atoms with van der Waals surface area (Å²) in [6, 6.07) is 17.4. The first-order valence-corrected chi connectivity index (χ1v) is 12.3. The molecule has 184 valence electrons. The van der Waals surface area contributed by atoms with Gasteiger partial charge in [0.05, 0.1) is 23.7 Å². The predicted molar refractivity (Wildman–Crippen MR) is 138 cm³/mol. The molecule has 0 fully saturated rings. The molecule has 5 rings (SSSR count). The van der Waals surface area contributed by atoms with Crippen molar-refractivity contribution in [2.24, 2.45) is 5.41 Å².